The van der Waals surface area contributed by atoms with Gasteiger partial charge in [0.1, 0.15) is 11.5 Å². The highest BCUT2D eigenvalue weighted by atomic mass is 19.4. The number of aromatic nitrogens is 4. The zero-order chi connectivity index (χ0) is 22.8. The molecule has 1 aliphatic carbocycles. The number of nitrogens with zero attached hydrogens (tertiary/aromatic N) is 4. The highest BCUT2D eigenvalue weighted by molar-refractivity contribution is 5.90. The fraction of sp³-hybridized carbons (Fsp3) is 0.400. The third-order valence-electron chi connectivity index (χ3n) is 4.68. The van der Waals surface area contributed by atoms with Crippen molar-refractivity contribution < 1.29 is 26.7 Å². The van der Waals surface area contributed by atoms with Gasteiger partial charge >= 0.3 is 6.18 Å². The number of hydrogen-bond acceptors (Lipinski definition) is 4. The molecule has 2 heterocycles. The number of hydrogen-bond donors (Lipinski definition) is 1. The summed E-state index contributed by atoms with van der Waals surface area (Å²) in [5.41, 5.74) is 5.50. The van der Waals surface area contributed by atoms with Gasteiger partial charge in [-0.3, -0.25) is 9.78 Å². The van der Waals surface area contributed by atoms with Crippen LogP contribution >= 0.6 is 0 Å². The first-order valence-corrected chi connectivity index (χ1v) is 9.47. The molecule has 3 aromatic rings. The number of fused-ring (bicyclic) bond motifs is 1. The molecule has 2 aromatic heterocycles. The number of amides is 1. The van der Waals surface area contributed by atoms with Gasteiger partial charge < -0.3 is 10.3 Å². The lowest BCUT2D eigenvalue weighted by molar-refractivity contribution is -0.137. The van der Waals surface area contributed by atoms with Crippen LogP contribution in [0.1, 0.15) is 40.4 Å². The molecule has 0 radical (unpaired) electrons. The van der Waals surface area contributed by atoms with Crippen LogP contribution in [0.5, 0.6) is 0 Å². The summed E-state index contributed by atoms with van der Waals surface area (Å²) in [4.78, 5) is 22.2. The average Bonchev–Trinajstić information content (AvgIpc) is 3.44. The van der Waals surface area contributed by atoms with Gasteiger partial charge in [-0.15, -0.1) is 0 Å². The van der Waals surface area contributed by atoms with Gasteiger partial charge in [0.2, 0.25) is 0 Å². The standard InChI is InChI=1S/C14H13F5N2.C6H7N3O/c15-12(16)7-21-11-6-9(14(17,18)19)3-4-10(11)20-13(21)5-8-1-2-8;1-4-2-9-5(3-8-4)6(7)10/h3-4,6,8,12H,1-2,5,7H2;2-3H,1H3,(H2,7,10). The van der Waals surface area contributed by atoms with E-state index in [4.69, 9.17) is 5.73 Å². The van der Waals surface area contributed by atoms with E-state index >= 15 is 0 Å². The van der Waals surface area contributed by atoms with Gasteiger partial charge in [-0.25, -0.2) is 18.7 Å². The first kappa shape index (κ1) is 22.6. The van der Waals surface area contributed by atoms with Crippen molar-refractivity contribution in [3.63, 3.8) is 0 Å². The molecule has 0 unspecified atom stereocenters. The molecule has 1 amide bonds. The summed E-state index contributed by atoms with van der Waals surface area (Å²) in [7, 11) is 0. The summed E-state index contributed by atoms with van der Waals surface area (Å²) in [6.45, 7) is 1.16. The minimum absolute atomic E-state index is 0.126. The van der Waals surface area contributed by atoms with Crippen molar-refractivity contribution in [1.29, 1.82) is 0 Å². The number of carbonyl (C=O) groups excluding carboxylic acids is 1. The van der Waals surface area contributed by atoms with Crippen molar-refractivity contribution in [2.24, 2.45) is 11.7 Å². The molecule has 6 nitrogen and oxygen atoms in total. The lowest BCUT2D eigenvalue weighted by Gasteiger charge is -2.10. The van der Waals surface area contributed by atoms with Crippen LogP contribution in [0.2, 0.25) is 0 Å². The van der Waals surface area contributed by atoms with E-state index in [0.29, 0.717) is 23.7 Å². The quantitative estimate of drug-likeness (QED) is 0.603. The Morgan fingerprint density at radius 3 is 2.45 bits per heavy atom. The van der Waals surface area contributed by atoms with Gasteiger partial charge in [0.25, 0.3) is 12.3 Å². The van der Waals surface area contributed by atoms with Crippen LogP contribution in [-0.4, -0.2) is 31.9 Å². The number of benzene rings is 1. The van der Waals surface area contributed by atoms with Gasteiger partial charge in [0.05, 0.1) is 35.0 Å². The van der Waals surface area contributed by atoms with Gasteiger partial charge in [0, 0.05) is 12.6 Å². The van der Waals surface area contributed by atoms with E-state index in [1.54, 1.807) is 6.92 Å². The number of alkyl halides is 5. The largest absolute Gasteiger partial charge is 0.416 e. The van der Waals surface area contributed by atoms with Crippen LogP contribution in [-0.2, 0) is 19.1 Å². The summed E-state index contributed by atoms with van der Waals surface area (Å²) in [5, 5.41) is 0. The Bertz CT molecular complexity index is 1060. The number of carbonyl (C=O) groups is 1. The van der Waals surface area contributed by atoms with Gasteiger partial charge in [-0.2, -0.15) is 13.2 Å². The predicted molar refractivity (Wildman–Crippen MR) is 102 cm³/mol. The topological polar surface area (TPSA) is 86.7 Å². The van der Waals surface area contributed by atoms with Crippen molar-refractivity contribution in [2.75, 3.05) is 0 Å². The summed E-state index contributed by atoms with van der Waals surface area (Å²) in [5.74, 6) is 0.319. The molecule has 0 bridgehead atoms. The molecular weight excluding hydrogens is 421 g/mol. The third-order valence-corrected chi connectivity index (χ3v) is 4.68. The van der Waals surface area contributed by atoms with E-state index in [9.17, 15) is 26.7 Å². The Kier molecular flexibility index (Phi) is 6.51. The molecule has 2 N–H and O–H groups in total. The summed E-state index contributed by atoms with van der Waals surface area (Å²) in [6, 6.07) is 3.08. The Morgan fingerprint density at radius 2 is 1.94 bits per heavy atom. The molecular formula is C20H20F5N5O. The van der Waals surface area contributed by atoms with Crippen molar-refractivity contribution in [2.45, 2.75) is 45.3 Å². The van der Waals surface area contributed by atoms with Gasteiger partial charge in [0.15, 0.2) is 0 Å². The second kappa shape index (κ2) is 8.94. The minimum Gasteiger partial charge on any atom is -0.364 e. The van der Waals surface area contributed by atoms with E-state index < -0.39 is 30.6 Å². The molecule has 0 spiro atoms. The summed E-state index contributed by atoms with van der Waals surface area (Å²) < 4.78 is 65.0. The van der Waals surface area contributed by atoms with Crippen LogP contribution in [0.15, 0.2) is 30.6 Å². The summed E-state index contributed by atoms with van der Waals surface area (Å²) >= 11 is 0. The lowest BCUT2D eigenvalue weighted by Crippen LogP contribution is -2.13. The van der Waals surface area contributed by atoms with Crippen LogP contribution in [0.25, 0.3) is 11.0 Å². The van der Waals surface area contributed by atoms with Gasteiger partial charge in [-0.05, 0) is 43.9 Å². The van der Waals surface area contributed by atoms with Crippen LogP contribution in [0.4, 0.5) is 22.0 Å². The minimum atomic E-state index is -4.50. The monoisotopic (exact) mass is 441 g/mol. The fourth-order valence-electron chi connectivity index (χ4n) is 2.95. The zero-order valence-corrected chi connectivity index (χ0v) is 16.5. The van der Waals surface area contributed by atoms with Crippen LogP contribution in [0, 0.1) is 12.8 Å². The number of aryl methyl sites for hydroxylation is 1. The molecule has 1 aliphatic rings. The maximum atomic E-state index is 12.8. The normalized spacial score (nSPS) is 13.9. The number of imidazole rings is 1. The first-order chi connectivity index (χ1) is 14.5. The number of halogens is 5. The highest BCUT2D eigenvalue weighted by Crippen LogP contribution is 2.35. The van der Waals surface area contributed by atoms with E-state index in [1.165, 1.54) is 23.0 Å². The maximum absolute atomic E-state index is 12.8. The maximum Gasteiger partial charge on any atom is 0.416 e. The molecule has 4 rings (SSSR count). The number of rotatable bonds is 5. The van der Waals surface area contributed by atoms with E-state index in [2.05, 4.69) is 15.0 Å². The van der Waals surface area contributed by atoms with E-state index in [0.717, 1.165) is 30.7 Å². The number of primary amides is 1. The van der Waals surface area contributed by atoms with Crippen molar-refractivity contribution in [3.05, 3.63) is 53.4 Å². The van der Waals surface area contributed by atoms with Crippen molar-refractivity contribution in [3.8, 4) is 0 Å². The first-order valence-electron chi connectivity index (χ1n) is 9.47. The molecule has 166 valence electrons. The molecule has 1 saturated carbocycles. The van der Waals surface area contributed by atoms with Crippen LogP contribution < -0.4 is 5.73 Å². The fourth-order valence-corrected chi connectivity index (χ4v) is 2.95. The van der Waals surface area contributed by atoms with Crippen molar-refractivity contribution >= 4 is 16.9 Å². The molecule has 31 heavy (non-hydrogen) atoms. The second-order valence-electron chi connectivity index (χ2n) is 7.29. The zero-order valence-electron chi connectivity index (χ0n) is 16.5. The second-order valence-corrected chi connectivity index (χ2v) is 7.29. The highest BCUT2D eigenvalue weighted by Gasteiger charge is 2.32. The van der Waals surface area contributed by atoms with Crippen LogP contribution in [0.3, 0.4) is 0 Å². The molecule has 11 heteroatoms. The smallest absolute Gasteiger partial charge is 0.364 e. The molecule has 0 aliphatic heterocycles. The van der Waals surface area contributed by atoms with E-state index in [-0.39, 0.29) is 11.2 Å². The number of nitrogens with two attached hydrogens (primary N) is 1. The van der Waals surface area contributed by atoms with Crippen molar-refractivity contribution in [1.82, 2.24) is 19.5 Å². The summed E-state index contributed by atoms with van der Waals surface area (Å²) in [6.07, 6.45) is -1.68. The Morgan fingerprint density at radius 1 is 1.23 bits per heavy atom. The van der Waals surface area contributed by atoms with E-state index in [1.807, 2.05) is 0 Å². The SMILES string of the molecule is Cc1cnc(C(N)=O)cn1.FC(F)Cn1c(CC2CC2)nc2ccc(C(F)(F)F)cc21. The third kappa shape index (κ3) is 5.96. The Labute approximate surface area is 174 Å². The Hall–Kier alpha value is -3.11. The Balaban J connectivity index is 0.000000229. The molecule has 0 saturated heterocycles. The predicted octanol–water partition coefficient (Wildman–Crippen LogP) is 4.16. The molecule has 1 aromatic carbocycles. The molecule has 0 atom stereocenters. The van der Waals surface area contributed by atoms with Gasteiger partial charge in [-0.1, -0.05) is 0 Å². The molecule has 1 fully saturated rings. The average molecular weight is 441 g/mol. The lowest BCUT2D eigenvalue weighted by atomic mass is 10.2.